The number of oxazole rings is 2. The van der Waals surface area contributed by atoms with Gasteiger partial charge in [-0.2, -0.15) is 39.9 Å². The minimum absolute atomic E-state index is 0.00558. The zero-order chi connectivity index (χ0) is 103. The Morgan fingerprint density at radius 1 is 0.456 bits per heavy atom. The van der Waals surface area contributed by atoms with Crippen LogP contribution in [0.15, 0.2) is 174 Å². The highest BCUT2D eigenvalue weighted by Crippen LogP contribution is 2.44. The third-order valence-electron chi connectivity index (χ3n) is 25.8. The standard InChI is InChI=1S/C28H29N7O4.C28H32N6O4.C27H28N8O3.C24H26N6O4/c1-15-31-21-6-4-16(12-23(21)39-15)19-14-30-25-24(19)26(32-18-8-10-38-11-9-18)35-28(34-25)33-20-7-5-17(27(36)29-2)13-22(20)37-3;1-5-37-23-9-7-19(15-29-23)21-16-30-25-24(21)26(38-20-10-12-36-13-11-20)33-28(32-25)31-22-8-6-18(14-17(22)2)27(35)34(3)4;1-29-24(36)15-8-10-19(21(12-15)37-2)33-27-34-23-22(25(35-27)38-16-5-3-4-6-16)17(13-30-23)14-7-9-18-20(11-14)32-26(28)31-18;1-14-12-15(23(31)30(2)3)4-5-18(14)27-24-28-20-19(17(13-26-20)21-25-8-11-33-21)22(29-24)34-16-6-9-32-10-7-16/h4-7,12-14,18H,8-11H2,1-3H3,(H,29,36)(H3,30,32,33,34,35);6-9,14-16,20H,5,10-13H2,1-4H3,(H2,30,31,32,33);7-13,16H,3-6H2,1-2H3,(H,29,36)(H3,28,31,32)(H2,30,33,34,35);4-5,8,11-13,16H,6-7,9-10H2,1-3H3,(H2,26,27,28,29). The molecule has 18 aromatic rings. The third-order valence-corrected chi connectivity index (χ3v) is 25.8. The number of aromatic nitrogens is 17. The zero-order valence-electron chi connectivity index (χ0n) is 84.4. The number of carbonyl (C=O) groups excluding carboxylic acids is 4. The molecule has 0 unspecified atom stereocenters. The second-order valence-electron chi connectivity index (χ2n) is 36.4. The number of nitrogens with two attached hydrogens (primary N) is 1. The number of nitrogens with zero attached hydrogens (tertiary/aromatic N) is 14. The monoisotopic (exact) mass is 2020 g/mol. The lowest BCUT2D eigenvalue weighted by Crippen LogP contribution is -2.28. The Kier molecular flexibility index (Phi) is 30.2. The van der Waals surface area contributed by atoms with Crippen LogP contribution in [0.4, 0.5) is 58.3 Å². The van der Waals surface area contributed by atoms with Gasteiger partial charge in [0.15, 0.2) is 17.4 Å². The van der Waals surface area contributed by atoms with Gasteiger partial charge in [-0.1, -0.05) is 12.1 Å². The molecule has 6 aromatic carbocycles. The fourth-order valence-electron chi connectivity index (χ4n) is 18.1. The average Bonchev–Trinajstić information content (AvgIpc) is 1.63. The highest BCUT2D eigenvalue weighted by molar-refractivity contribution is 6.05. The number of carbonyl (C=O) groups is 4. The Bertz CT molecular complexity index is 7890. The Balaban J connectivity index is 0.000000125. The largest absolute Gasteiger partial charge is 0.495 e. The number of amides is 4. The van der Waals surface area contributed by atoms with E-state index >= 15 is 0 Å². The molecule has 3 aliphatic heterocycles. The van der Waals surface area contributed by atoms with E-state index in [4.69, 9.17) is 92.1 Å². The molecule has 0 spiro atoms. The summed E-state index contributed by atoms with van der Waals surface area (Å²) in [5.41, 5.74) is 24.8. The maximum Gasteiger partial charge on any atom is 0.253 e. The lowest BCUT2D eigenvalue weighted by Gasteiger charge is -2.24. The van der Waals surface area contributed by atoms with Crippen molar-refractivity contribution in [1.82, 2.24) is 105 Å². The van der Waals surface area contributed by atoms with Gasteiger partial charge in [-0.3, -0.25) is 19.2 Å². The molecule has 12 aromatic heterocycles. The molecular formula is C107H115N27O15. The molecule has 15 heterocycles. The van der Waals surface area contributed by atoms with E-state index in [-0.39, 0.29) is 48.0 Å². The number of aryl methyl sites for hydroxylation is 3. The van der Waals surface area contributed by atoms with E-state index in [1.54, 1.807) is 133 Å². The quantitative estimate of drug-likeness (QED) is 0.0217. The second-order valence-corrected chi connectivity index (χ2v) is 36.4. The highest BCUT2D eigenvalue weighted by atomic mass is 16.5. The maximum absolute atomic E-state index is 12.4. The lowest BCUT2D eigenvalue weighted by molar-refractivity contribution is 0.0242. The molecule has 149 heavy (non-hydrogen) atoms. The number of ether oxygens (including phenoxy) is 9. The number of nitrogens with one attached hydrogen (secondary N) is 12. The van der Waals surface area contributed by atoms with Crippen LogP contribution in [-0.4, -0.2) is 245 Å². The van der Waals surface area contributed by atoms with Gasteiger partial charge in [0.2, 0.25) is 53.2 Å². The molecule has 1 saturated carbocycles. The van der Waals surface area contributed by atoms with E-state index in [9.17, 15) is 19.2 Å². The summed E-state index contributed by atoms with van der Waals surface area (Å²) in [6.45, 7) is 12.2. The van der Waals surface area contributed by atoms with E-state index in [1.165, 1.54) is 6.26 Å². The summed E-state index contributed by atoms with van der Waals surface area (Å²) in [5, 5.41) is 25.1. The highest BCUT2D eigenvalue weighted by Gasteiger charge is 2.31. The van der Waals surface area contributed by atoms with Crippen molar-refractivity contribution in [3.05, 3.63) is 204 Å². The number of pyridine rings is 1. The summed E-state index contributed by atoms with van der Waals surface area (Å²) in [5.74, 6) is 6.20. The molecule has 4 aliphatic rings. The number of H-pyrrole nitrogens is 5. The molecule has 0 bridgehead atoms. The first kappa shape index (κ1) is 100. The smallest absolute Gasteiger partial charge is 0.253 e. The number of hydrogen-bond donors (Lipinski definition) is 13. The lowest BCUT2D eigenvalue weighted by atomic mass is 10.0. The van der Waals surface area contributed by atoms with Gasteiger partial charge in [0.05, 0.1) is 103 Å². The Labute approximate surface area is 854 Å². The second kappa shape index (κ2) is 45.0. The molecule has 0 radical (unpaired) electrons. The molecular weight excluding hydrogens is 1900 g/mol. The van der Waals surface area contributed by atoms with Crippen LogP contribution in [0.1, 0.15) is 130 Å². The zero-order valence-corrected chi connectivity index (χ0v) is 84.4. The predicted molar refractivity (Wildman–Crippen MR) is 566 cm³/mol. The molecule has 42 heteroatoms. The van der Waals surface area contributed by atoms with Gasteiger partial charge in [-0.05, 0) is 185 Å². The Morgan fingerprint density at radius 2 is 0.899 bits per heavy atom. The molecule has 4 amide bonds. The topological polar surface area (TPSA) is 528 Å². The first-order valence-corrected chi connectivity index (χ1v) is 49.2. The van der Waals surface area contributed by atoms with Crippen LogP contribution >= 0.6 is 0 Å². The van der Waals surface area contributed by atoms with Gasteiger partial charge in [0.1, 0.15) is 70.0 Å². The summed E-state index contributed by atoms with van der Waals surface area (Å²) in [6, 6.07) is 37.2. The van der Waals surface area contributed by atoms with E-state index in [2.05, 4.69) is 87.1 Å². The number of aromatic amines is 5. The van der Waals surface area contributed by atoms with Crippen molar-refractivity contribution in [2.24, 2.45) is 0 Å². The van der Waals surface area contributed by atoms with Crippen LogP contribution in [0, 0.1) is 20.8 Å². The molecule has 22 rings (SSSR count). The maximum atomic E-state index is 12.4. The van der Waals surface area contributed by atoms with Crippen LogP contribution in [0.2, 0.25) is 0 Å². The number of nitrogen functional groups attached to an aromatic ring is 1. The fraction of sp³-hybridized carbons (Fsp3) is 0.308. The summed E-state index contributed by atoms with van der Waals surface area (Å²) in [6.07, 6.45) is 21.7. The molecule has 0 atom stereocenters. The molecule has 42 nitrogen and oxygen atoms in total. The van der Waals surface area contributed by atoms with Crippen molar-refractivity contribution in [2.75, 3.05) is 135 Å². The van der Waals surface area contributed by atoms with Crippen LogP contribution < -0.4 is 71.4 Å². The molecule has 768 valence electrons. The van der Waals surface area contributed by atoms with Gasteiger partial charge >= 0.3 is 0 Å². The van der Waals surface area contributed by atoms with Crippen molar-refractivity contribution < 1.29 is 70.6 Å². The van der Waals surface area contributed by atoms with E-state index < -0.39 is 0 Å². The van der Waals surface area contributed by atoms with Crippen LogP contribution in [0.25, 0.3) is 111 Å². The number of fused-ring (bicyclic) bond motifs is 6. The van der Waals surface area contributed by atoms with Crippen LogP contribution in [0.5, 0.6) is 35.0 Å². The normalized spacial score (nSPS) is 14.0. The summed E-state index contributed by atoms with van der Waals surface area (Å²) < 4.78 is 63.6. The van der Waals surface area contributed by atoms with Crippen molar-refractivity contribution in [1.29, 1.82) is 0 Å². The first-order chi connectivity index (χ1) is 72.4. The molecule has 3 saturated heterocycles. The van der Waals surface area contributed by atoms with Crippen molar-refractivity contribution in [3.8, 4) is 79.9 Å². The predicted octanol–water partition coefficient (Wildman–Crippen LogP) is 17.9. The van der Waals surface area contributed by atoms with Gasteiger partial charge < -0.3 is 129 Å². The van der Waals surface area contributed by atoms with Crippen LogP contribution in [-0.2, 0) is 14.2 Å². The first-order valence-electron chi connectivity index (χ1n) is 49.2. The molecule has 1 aliphatic carbocycles. The number of anilines is 10. The Morgan fingerprint density at radius 3 is 1.38 bits per heavy atom. The van der Waals surface area contributed by atoms with Crippen molar-refractivity contribution in [2.45, 2.75) is 116 Å². The van der Waals surface area contributed by atoms with Gasteiger partial charge in [0, 0.05) is 187 Å². The fourth-order valence-corrected chi connectivity index (χ4v) is 18.1. The number of methoxy groups -OCH3 is 2. The van der Waals surface area contributed by atoms with Gasteiger partial charge in [-0.25, -0.2) is 19.9 Å². The third kappa shape index (κ3) is 22.8. The number of imidazole rings is 1. The number of hydrogen-bond acceptors (Lipinski definition) is 33. The minimum atomic E-state index is -0.199. The van der Waals surface area contributed by atoms with Crippen molar-refractivity contribution >= 4 is 148 Å². The van der Waals surface area contributed by atoms with Gasteiger partial charge in [0.25, 0.3) is 23.6 Å². The van der Waals surface area contributed by atoms with E-state index in [1.807, 2.05) is 119 Å². The van der Waals surface area contributed by atoms with Crippen molar-refractivity contribution in [3.63, 3.8) is 0 Å². The summed E-state index contributed by atoms with van der Waals surface area (Å²) in [7, 11) is 13.2. The minimum Gasteiger partial charge on any atom is -0.495 e. The van der Waals surface area contributed by atoms with E-state index in [0.29, 0.717) is 190 Å². The summed E-state index contributed by atoms with van der Waals surface area (Å²) in [4.78, 5) is 124. The number of rotatable bonds is 28. The Hall–Kier alpha value is -17.5. The molecule has 14 N–H and O–H groups in total. The van der Waals surface area contributed by atoms with Gasteiger partial charge in [-0.15, -0.1) is 0 Å². The SMILES string of the molecule is CCOc1ccc(-c2c[nH]c3nc(Nc4ccc(C(=O)N(C)C)cc4C)nc(OC4CCOCC4)c23)cn1.CNC(=O)c1ccc(Nc2nc(NC3CCOCC3)c3c(-c4ccc5nc(C)oc5c4)c[nH]c3n2)c(OC)c1.CNC(=O)c1ccc(Nc2nc(OC3CCCC3)c3c(-c4ccc5nc(N)[nH]c5c4)c[nH]c3n2)c(OC)c1.Cc1cc(C(=O)N(C)C)ccc1Nc1nc(OC2CCOCC2)c2c(-c3ncco3)c[nH]c2n1. The van der Waals surface area contributed by atoms with E-state index in [0.717, 1.165) is 164 Å². The summed E-state index contributed by atoms with van der Waals surface area (Å²) >= 11 is 0. The number of benzene rings is 6. The van der Waals surface area contributed by atoms with Crippen LogP contribution in [0.3, 0.4) is 0 Å². The average molecular weight is 2020 g/mol. The molecule has 4 fully saturated rings.